The minimum Gasteiger partial charge on any atom is -0.497 e. The van der Waals surface area contributed by atoms with E-state index in [0.717, 1.165) is 0 Å². The quantitative estimate of drug-likeness (QED) is 0.682. The first-order chi connectivity index (χ1) is 13.1. The number of aromatic nitrogens is 1. The Bertz CT molecular complexity index is 945. The van der Waals surface area contributed by atoms with Gasteiger partial charge in [-0.25, -0.2) is 9.37 Å². The van der Waals surface area contributed by atoms with Crippen LogP contribution in [-0.4, -0.2) is 25.1 Å². The topological polar surface area (TPSA) is 72.5 Å². The molecular weight excluding hydrogens is 349 g/mol. The smallest absolute Gasteiger partial charge is 0.255 e. The normalized spacial score (nSPS) is 10.2. The summed E-state index contributed by atoms with van der Waals surface area (Å²) < 4.78 is 23.4. The van der Waals surface area contributed by atoms with Gasteiger partial charge in [-0.3, -0.25) is 4.79 Å². The standard InChI is InChI=1S/C20H18FN3O3/c1-26-16-7-8-17(18(12-16)27-2)24-20(25)13-9-10-22-19(11-13)23-15-5-3-14(21)4-6-15/h3-12H,1-2H3,(H,22,23)(H,24,25). The lowest BCUT2D eigenvalue weighted by molar-refractivity contribution is 0.102. The number of methoxy groups -OCH3 is 2. The van der Waals surface area contributed by atoms with Crippen LogP contribution in [0.5, 0.6) is 11.5 Å². The monoisotopic (exact) mass is 367 g/mol. The lowest BCUT2D eigenvalue weighted by Crippen LogP contribution is -2.13. The Hall–Kier alpha value is -3.61. The van der Waals surface area contributed by atoms with Gasteiger partial charge >= 0.3 is 0 Å². The van der Waals surface area contributed by atoms with Crippen LogP contribution in [0.3, 0.4) is 0 Å². The predicted molar refractivity (Wildman–Crippen MR) is 101 cm³/mol. The molecule has 2 aromatic carbocycles. The largest absolute Gasteiger partial charge is 0.497 e. The van der Waals surface area contributed by atoms with Gasteiger partial charge in [-0.15, -0.1) is 0 Å². The zero-order valence-electron chi connectivity index (χ0n) is 14.8. The number of hydrogen-bond acceptors (Lipinski definition) is 5. The average Bonchev–Trinajstić information content (AvgIpc) is 2.70. The number of rotatable bonds is 6. The Kier molecular flexibility index (Phi) is 5.51. The molecule has 0 spiro atoms. The van der Waals surface area contributed by atoms with Crippen LogP contribution < -0.4 is 20.1 Å². The number of amides is 1. The molecular formula is C20H18FN3O3. The third kappa shape index (κ3) is 4.52. The fourth-order valence-electron chi connectivity index (χ4n) is 2.42. The minimum absolute atomic E-state index is 0.317. The zero-order valence-corrected chi connectivity index (χ0v) is 14.8. The molecule has 0 saturated carbocycles. The summed E-state index contributed by atoms with van der Waals surface area (Å²) in [6.07, 6.45) is 1.52. The fraction of sp³-hybridized carbons (Fsp3) is 0.100. The molecule has 0 radical (unpaired) electrons. The van der Waals surface area contributed by atoms with Gasteiger partial charge < -0.3 is 20.1 Å². The second-order valence-corrected chi connectivity index (χ2v) is 5.58. The molecule has 7 heteroatoms. The number of pyridine rings is 1. The number of carbonyl (C=O) groups excluding carboxylic acids is 1. The lowest BCUT2D eigenvalue weighted by Gasteiger charge is -2.12. The second kappa shape index (κ2) is 8.18. The van der Waals surface area contributed by atoms with E-state index < -0.39 is 0 Å². The molecule has 0 saturated heterocycles. The van der Waals surface area contributed by atoms with Crippen LogP contribution in [0.1, 0.15) is 10.4 Å². The van der Waals surface area contributed by atoms with Crippen molar-refractivity contribution in [2.45, 2.75) is 0 Å². The van der Waals surface area contributed by atoms with Gasteiger partial charge in [-0.2, -0.15) is 0 Å². The number of carbonyl (C=O) groups is 1. The van der Waals surface area contributed by atoms with E-state index >= 15 is 0 Å². The Morgan fingerprint density at radius 1 is 1.00 bits per heavy atom. The highest BCUT2D eigenvalue weighted by atomic mass is 19.1. The first kappa shape index (κ1) is 18.2. The minimum atomic E-state index is -0.324. The molecule has 3 rings (SSSR count). The van der Waals surface area contributed by atoms with Crippen molar-refractivity contribution >= 4 is 23.1 Å². The zero-order chi connectivity index (χ0) is 19.2. The van der Waals surface area contributed by atoms with Crippen molar-refractivity contribution in [1.29, 1.82) is 0 Å². The van der Waals surface area contributed by atoms with Crippen molar-refractivity contribution in [3.05, 3.63) is 72.2 Å². The average molecular weight is 367 g/mol. The van der Waals surface area contributed by atoms with Crippen LogP contribution in [0.15, 0.2) is 60.8 Å². The number of ether oxygens (including phenoxy) is 2. The summed E-state index contributed by atoms with van der Waals surface area (Å²) in [4.78, 5) is 16.8. The van der Waals surface area contributed by atoms with Crippen molar-refractivity contribution in [3.8, 4) is 11.5 Å². The summed E-state index contributed by atoms with van der Waals surface area (Å²) >= 11 is 0. The molecule has 138 valence electrons. The maximum atomic E-state index is 13.0. The molecule has 1 amide bonds. The molecule has 0 fully saturated rings. The third-order valence-corrected chi connectivity index (χ3v) is 3.80. The lowest BCUT2D eigenvalue weighted by atomic mass is 10.2. The van der Waals surface area contributed by atoms with Crippen LogP contribution in [0.4, 0.5) is 21.6 Å². The van der Waals surface area contributed by atoms with Gasteiger partial charge in [-0.1, -0.05) is 0 Å². The first-order valence-electron chi connectivity index (χ1n) is 8.11. The molecule has 3 aromatic rings. The summed E-state index contributed by atoms with van der Waals surface area (Å²) in [6.45, 7) is 0. The van der Waals surface area contributed by atoms with E-state index in [1.54, 1.807) is 49.6 Å². The Balaban J connectivity index is 1.76. The molecule has 1 heterocycles. The molecule has 0 aliphatic rings. The van der Waals surface area contributed by atoms with E-state index in [0.29, 0.717) is 34.3 Å². The summed E-state index contributed by atoms with van der Waals surface area (Å²) in [5.41, 5.74) is 1.60. The molecule has 6 nitrogen and oxygen atoms in total. The molecule has 1 aromatic heterocycles. The Labute approximate surface area is 156 Å². The van der Waals surface area contributed by atoms with Gasteiger partial charge in [0.25, 0.3) is 5.91 Å². The third-order valence-electron chi connectivity index (χ3n) is 3.80. The van der Waals surface area contributed by atoms with E-state index in [4.69, 9.17) is 9.47 Å². The number of nitrogens with zero attached hydrogens (tertiary/aromatic N) is 1. The van der Waals surface area contributed by atoms with E-state index in [-0.39, 0.29) is 11.7 Å². The molecule has 0 aliphatic carbocycles. The van der Waals surface area contributed by atoms with E-state index in [1.807, 2.05) is 0 Å². The van der Waals surface area contributed by atoms with Gasteiger partial charge in [0, 0.05) is 23.5 Å². The number of nitrogens with one attached hydrogen (secondary N) is 2. The van der Waals surface area contributed by atoms with Crippen molar-refractivity contribution in [3.63, 3.8) is 0 Å². The van der Waals surface area contributed by atoms with E-state index in [9.17, 15) is 9.18 Å². The summed E-state index contributed by atoms with van der Waals surface area (Å²) in [6, 6.07) is 14.2. The number of hydrogen-bond donors (Lipinski definition) is 2. The number of anilines is 3. The SMILES string of the molecule is COc1ccc(NC(=O)c2ccnc(Nc3ccc(F)cc3)c2)c(OC)c1. The highest BCUT2D eigenvalue weighted by molar-refractivity contribution is 6.05. The van der Waals surface area contributed by atoms with E-state index in [1.165, 1.54) is 25.4 Å². The molecule has 2 N–H and O–H groups in total. The van der Waals surface area contributed by atoms with Gasteiger partial charge in [0.2, 0.25) is 0 Å². The molecule has 27 heavy (non-hydrogen) atoms. The predicted octanol–water partition coefficient (Wildman–Crippen LogP) is 4.23. The van der Waals surface area contributed by atoms with Crippen LogP contribution in [0.2, 0.25) is 0 Å². The highest BCUT2D eigenvalue weighted by Gasteiger charge is 2.12. The van der Waals surface area contributed by atoms with Crippen LogP contribution in [0.25, 0.3) is 0 Å². The maximum absolute atomic E-state index is 13.0. The molecule has 0 atom stereocenters. The van der Waals surface area contributed by atoms with Gasteiger partial charge in [0.15, 0.2) is 0 Å². The second-order valence-electron chi connectivity index (χ2n) is 5.58. The number of benzene rings is 2. The molecule has 0 aliphatic heterocycles. The van der Waals surface area contributed by atoms with Crippen molar-refractivity contribution in [1.82, 2.24) is 4.98 Å². The van der Waals surface area contributed by atoms with Gasteiger partial charge in [-0.05, 0) is 48.5 Å². The Morgan fingerprint density at radius 3 is 2.48 bits per heavy atom. The van der Waals surface area contributed by atoms with Crippen molar-refractivity contribution in [2.24, 2.45) is 0 Å². The van der Waals surface area contributed by atoms with Crippen molar-refractivity contribution < 1.29 is 18.7 Å². The van der Waals surface area contributed by atoms with Crippen LogP contribution in [0, 0.1) is 5.82 Å². The number of halogens is 1. The summed E-state index contributed by atoms with van der Waals surface area (Å²) in [5, 5.41) is 5.83. The first-order valence-corrected chi connectivity index (χ1v) is 8.11. The maximum Gasteiger partial charge on any atom is 0.255 e. The molecule has 0 bridgehead atoms. The molecule has 0 unspecified atom stereocenters. The van der Waals surface area contributed by atoms with Gasteiger partial charge in [0.1, 0.15) is 23.1 Å². The van der Waals surface area contributed by atoms with Crippen LogP contribution in [-0.2, 0) is 0 Å². The van der Waals surface area contributed by atoms with Crippen molar-refractivity contribution in [2.75, 3.05) is 24.9 Å². The highest BCUT2D eigenvalue weighted by Crippen LogP contribution is 2.29. The van der Waals surface area contributed by atoms with Gasteiger partial charge in [0.05, 0.1) is 19.9 Å². The summed E-state index contributed by atoms with van der Waals surface area (Å²) in [7, 11) is 3.07. The summed E-state index contributed by atoms with van der Waals surface area (Å²) in [5.74, 6) is 0.940. The van der Waals surface area contributed by atoms with E-state index in [2.05, 4.69) is 15.6 Å². The Morgan fingerprint density at radius 2 is 1.78 bits per heavy atom. The van der Waals surface area contributed by atoms with Crippen LogP contribution >= 0.6 is 0 Å². The fourth-order valence-corrected chi connectivity index (χ4v) is 2.42.